The summed E-state index contributed by atoms with van der Waals surface area (Å²) in [5, 5.41) is 9.18. The molecule has 1 atom stereocenters. The molecule has 1 aromatic heterocycles. The molecule has 1 unspecified atom stereocenters. The van der Waals surface area contributed by atoms with E-state index in [-0.39, 0.29) is 6.42 Å². The van der Waals surface area contributed by atoms with E-state index in [4.69, 9.17) is 10.9 Å². The first-order valence-electron chi connectivity index (χ1n) is 14.7. The van der Waals surface area contributed by atoms with E-state index in [1.807, 2.05) is 11.3 Å². The topological polar surface area (TPSA) is 109 Å². The fourth-order valence-corrected chi connectivity index (χ4v) is 8.41. The number of benzene rings is 3. The largest absolute Gasteiger partial charge is 0.370 e. The van der Waals surface area contributed by atoms with Gasteiger partial charge in [-0.3, -0.25) is 4.79 Å². The summed E-state index contributed by atoms with van der Waals surface area (Å²) < 4.78 is 22.3. The number of primary amides is 1. The van der Waals surface area contributed by atoms with E-state index in [0.29, 0.717) is 6.54 Å². The lowest BCUT2D eigenvalue weighted by atomic mass is 9.78. The first-order valence-corrected chi connectivity index (χ1v) is 17.1. The third-order valence-corrected chi connectivity index (χ3v) is 11.3. The Hall–Kier alpha value is -4.08. The molecule has 0 saturated carbocycles. The van der Waals surface area contributed by atoms with Crippen molar-refractivity contribution in [1.82, 2.24) is 5.48 Å². The number of hydrogen-bond donors (Lipinski definition) is 3. The van der Waals surface area contributed by atoms with Crippen LogP contribution in [0, 0.1) is 0 Å². The molecule has 0 bridgehead atoms. The van der Waals surface area contributed by atoms with Crippen LogP contribution in [0.1, 0.15) is 45.5 Å². The Labute approximate surface area is 262 Å². The molecule has 2 heterocycles. The highest BCUT2D eigenvalue weighted by Crippen LogP contribution is 2.42. The fourth-order valence-electron chi connectivity index (χ4n) is 6.13. The summed E-state index contributed by atoms with van der Waals surface area (Å²) >= 11 is 1.87. The van der Waals surface area contributed by atoms with E-state index in [0.717, 1.165) is 36.7 Å². The van der Waals surface area contributed by atoms with Crippen molar-refractivity contribution in [2.45, 2.75) is 43.9 Å². The van der Waals surface area contributed by atoms with Crippen molar-refractivity contribution in [3.63, 3.8) is 0 Å². The average Bonchev–Trinajstić information content (AvgIpc) is 3.53. The van der Waals surface area contributed by atoms with Crippen molar-refractivity contribution in [3.8, 4) is 21.6 Å². The molecule has 0 radical (unpaired) electrons. The Morgan fingerprint density at radius 2 is 1.64 bits per heavy atom. The zero-order chi connectivity index (χ0) is 30.7. The van der Waals surface area contributed by atoms with E-state index < -0.39 is 21.0 Å². The van der Waals surface area contributed by atoms with Crippen molar-refractivity contribution in [1.29, 1.82) is 0 Å². The Bertz CT molecular complexity index is 1900. The molecule has 1 aliphatic heterocycles. The summed E-state index contributed by atoms with van der Waals surface area (Å²) in [5.74, 6) is -0.608. The molecule has 8 heteroatoms. The van der Waals surface area contributed by atoms with E-state index >= 15 is 0 Å². The van der Waals surface area contributed by atoms with Crippen molar-refractivity contribution in [3.05, 3.63) is 129 Å². The number of aryl methyl sites for hydroxylation is 1. The Morgan fingerprint density at radius 1 is 0.864 bits per heavy atom. The number of carbonyl (C=O) groups is 1. The van der Waals surface area contributed by atoms with Gasteiger partial charge in [-0.2, -0.15) is 0 Å². The van der Waals surface area contributed by atoms with Crippen LogP contribution in [0.5, 0.6) is 0 Å². The minimum Gasteiger partial charge on any atom is -0.370 e. The van der Waals surface area contributed by atoms with Crippen LogP contribution in [0.2, 0.25) is 0 Å². The highest BCUT2D eigenvalue weighted by Gasteiger charge is 2.24. The summed E-state index contributed by atoms with van der Waals surface area (Å²) in [5.41, 5.74) is 19.7. The molecule has 1 amide bonds. The third kappa shape index (κ3) is 6.39. The van der Waals surface area contributed by atoms with Crippen LogP contribution < -0.4 is 11.2 Å². The van der Waals surface area contributed by atoms with Crippen LogP contribution >= 0.6 is 11.3 Å². The van der Waals surface area contributed by atoms with Gasteiger partial charge in [-0.25, -0.2) is 13.9 Å². The highest BCUT2D eigenvalue weighted by atomic mass is 32.2. The lowest BCUT2D eigenvalue weighted by molar-refractivity contribution is -0.117. The average molecular weight is 623 g/mol. The van der Waals surface area contributed by atoms with Crippen molar-refractivity contribution >= 4 is 38.7 Å². The second-order valence-corrected chi connectivity index (χ2v) is 14.3. The summed E-state index contributed by atoms with van der Waals surface area (Å²) in [6, 6.07) is 26.5. The molecule has 0 fully saturated rings. The molecule has 2 aliphatic carbocycles. The van der Waals surface area contributed by atoms with Gasteiger partial charge in [0.25, 0.3) is 0 Å². The zero-order valence-corrected chi connectivity index (χ0v) is 25.8. The second kappa shape index (κ2) is 12.9. The van der Waals surface area contributed by atoms with Crippen LogP contribution in [-0.4, -0.2) is 24.8 Å². The molecule has 224 valence electrons. The molecule has 0 spiro atoms. The molecule has 44 heavy (non-hydrogen) atoms. The molecular weight excluding hydrogens is 589 g/mol. The number of rotatable bonds is 6. The minimum atomic E-state index is -3.29. The molecule has 4 N–H and O–H groups in total. The number of carbonyl (C=O) groups excluding carboxylic acids is 1. The first-order chi connectivity index (χ1) is 21.3. The second-order valence-electron chi connectivity index (χ2n) is 11.2. The van der Waals surface area contributed by atoms with Gasteiger partial charge in [0.2, 0.25) is 5.91 Å². The number of thiophene rings is 1. The molecule has 3 aromatic carbocycles. The quantitative estimate of drug-likeness (QED) is 0.203. The van der Waals surface area contributed by atoms with Gasteiger partial charge in [-0.1, -0.05) is 85.0 Å². The first kappa shape index (κ1) is 30.0. The molecule has 3 aliphatic rings. The number of nitrogens with one attached hydrogen (secondary N) is 1. The zero-order valence-electron chi connectivity index (χ0n) is 24.2. The van der Waals surface area contributed by atoms with Gasteiger partial charge in [-0.15, -0.1) is 11.3 Å². The lowest BCUT2D eigenvalue weighted by Crippen LogP contribution is -2.25. The van der Waals surface area contributed by atoms with Gasteiger partial charge in [0.15, 0.2) is 9.84 Å². The van der Waals surface area contributed by atoms with Crippen LogP contribution in [0.4, 0.5) is 0 Å². The van der Waals surface area contributed by atoms with Crippen LogP contribution in [0.15, 0.2) is 96.4 Å². The number of hydrogen-bond acceptors (Lipinski definition) is 6. The van der Waals surface area contributed by atoms with Crippen LogP contribution in [-0.2, 0) is 40.4 Å². The molecule has 0 saturated heterocycles. The molecule has 7 rings (SSSR count). The smallest absolute Gasteiger partial charge is 0.219 e. The number of nitrogens with two attached hydrogens (primary N) is 1. The van der Waals surface area contributed by atoms with Crippen LogP contribution in [0.25, 0.3) is 33.2 Å². The SMILES string of the molecule is NC(=O)CC1C=CC=CS1(=O)=O.ONCc1ccc(-c2ccc(C3=Cc4ccc5c(c4CC3)CCc3ccccc3-5)s2)cc1. The maximum atomic E-state index is 11.2. The highest BCUT2D eigenvalue weighted by molar-refractivity contribution is 7.95. The number of sulfone groups is 1. The van der Waals surface area contributed by atoms with Gasteiger partial charge >= 0.3 is 0 Å². The Morgan fingerprint density at radius 3 is 2.41 bits per heavy atom. The number of amides is 1. The lowest BCUT2D eigenvalue weighted by Gasteiger charge is -2.26. The maximum Gasteiger partial charge on any atom is 0.219 e. The van der Waals surface area contributed by atoms with Crippen molar-refractivity contribution in [2.24, 2.45) is 5.73 Å². The Balaban J connectivity index is 0.000000242. The summed E-state index contributed by atoms with van der Waals surface area (Å²) in [7, 11) is -3.29. The normalized spacial score (nSPS) is 17.4. The maximum absolute atomic E-state index is 11.2. The Kier molecular flexibility index (Phi) is 8.77. The summed E-state index contributed by atoms with van der Waals surface area (Å²) in [6.07, 6.45) is 11.3. The van der Waals surface area contributed by atoms with Gasteiger partial charge in [0, 0.05) is 28.1 Å². The molecule has 4 aromatic rings. The van der Waals surface area contributed by atoms with Gasteiger partial charge in [0.1, 0.15) is 0 Å². The van der Waals surface area contributed by atoms with E-state index in [2.05, 4.69) is 84.4 Å². The summed E-state index contributed by atoms with van der Waals surface area (Å²) in [6.45, 7) is 0.470. The van der Waals surface area contributed by atoms with Gasteiger partial charge in [-0.05, 0) is 87.9 Å². The molecule has 6 nitrogen and oxygen atoms in total. The number of allylic oxidation sites excluding steroid dienone is 3. The van der Waals surface area contributed by atoms with E-state index in [9.17, 15) is 13.2 Å². The van der Waals surface area contributed by atoms with Gasteiger partial charge in [0.05, 0.1) is 5.25 Å². The monoisotopic (exact) mass is 622 g/mol. The fraction of sp³-hybridized carbons (Fsp3) is 0.194. The van der Waals surface area contributed by atoms with E-state index in [1.54, 1.807) is 17.2 Å². The predicted molar refractivity (Wildman–Crippen MR) is 179 cm³/mol. The standard InChI is InChI=1S/C29H25NOS.C7H9NO3S/c31-30-18-19-5-7-21(8-6-19)28-15-16-29(32-28)23-11-12-25-22(17-23)10-14-26-24-4-2-1-3-20(24)9-13-27(25)26;8-7(9)5-6-3-1-2-4-12(6,10)11/h1-8,10,14-17,30-31H,9,11-13,18H2;1-4,6H,5H2,(H2,8,9). The van der Waals surface area contributed by atoms with Crippen molar-refractivity contribution < 1.29 is 18.4 Å². The summed E-state index contributed by atoms with van der Waals surface area (Å²) in [4.78, 5) is 13.1. The van der Waals surface area contributed by atoms with Crippen molar-refractivity contribution in [2.75, 3.05) is 0 Å². The molecular formula is C36H34N2O4S2. The number of fused-ring (bicyclic) bond motifs is 5. The number of hydroxylamine groups is 1. The minimum absolute atomic E-state index is 0.150. The third-order valence-electron chi connectivity index (χ3n) is 8.37. The van der Waals surface area contributed by atoms with Crippen LogP contribution in [0.3, 0.4) is 0 Å². The predicted octanol–water partition coefficient (Wildman–Crippen LogP) is 6.88. The van der Waals surface area contributed by atoms with Gasteiger partial charge < -0.3 is 10.9 Å². The van der Waals surface area contributed by atoms with E-state index in [1.165, 1.54) is 55.3 Å².